The quantitative estimate of drug-likeness (QED) is 0.553. The minimum absolute atomic E-state index is 0.199. The summed E-state index contributed by atoms with van der Waals surface area (Å²) in [7, 11) is 0. The standard InChI is InChI=1S/C6H14N2.C6H5NO/c7-8-6-4-2-1-3-5-6;8-6-4-2-1-3-5-7-6/h6,8H,1-5,7H2;1-5H. The maximum Gasteiger partial charge on any atom is 0.269 e. The SMILES string of the molecule is NNC1CCCCC1.O=c1cccccn1. The molecule has 0 bridgehead atoms. The van der Waals surface area contributed by atoms with Crippen molar-refractivity contribution in [2.75, 3.05) is 0 Å². The number of aromatic nitrogens is 1. The highest BCUT2D eigenvalue weighted by molar-refractivity contribution is 4.91. The van der Waals surface area contributed by atoms with Crippen molar-refractivity contribution in [1.29, 1.82) is 0 Å². The van der Waals surface area contributed by atoms with E-state index in [4.69, 9.17) is 5.84 Å². The van der Waals surface area contributed by atoms with Gasteiger partial charge < -0.3 is 0 Å². The van der Waals surface area contributed by atoms with E-state index >= 15 is 0 Å². The molecule has 0 unspecified atom stereocenters. The fourth-order valence-corrected chi connectivity index (χ4v) is 1.68. The zero-order chi connectivity index (χ0) is 11.6. The summed E-state index contributed by atoms with van der Waals surface area (Å²) < 4.78 is 0. The Hall–Kier alpha value is -1.26. The van der Waals surface area contributed by atoms with Crippen molar-refractivity contribution in [3.05, 3.63) is 40.8 Å². The number of nitrogens with zero attached hydrogens (tertiary/aromatic N) is 1. The van der Waals surface area contributed by atoms with Gasteiger partial charge in [-0.1, -0.05) is 31.4 Å². The van der Waals surface area contributed by atoms with Gasteiger partial charge in [-0.05, 0) is 18.9 Å². The second-order valence-corrected chi connectivity index (χ2v) is 3.86. The summed E-state index contributed by atoms with van der Waals surface area (Å²) in [4.78, 5) is 13.8. The normalized spacial score (nSPS) is 16.1. The Morgan fingerprint density at radius 3 is 2.56 bits per heavy atom. The third kappa shape index (κ3) is 5.58. The van der Waals surface area contributed by atoms with Gasteiger partial charge >= 0.3 is 0 Å². The van der Waals surface area contributed by atoms with E-state index in [9.17, 15) is 4.79 Å². The Kier molecular flexibility index (Phi) is 6.37. The molecule has 1 aliphatic rings. The molecule has 0 spiro atoms. The molecule has 88 valence electrons. The van der Waals surface area contributed by atoms with Crippen molar-refractivity contribution >= 4 is 0 Å². The average Bonchev–Trinajstić information content (AvgIpc) is 2.59. The first-order chi connectivity index (χ1) is 7.83. The number of hydrazine groups is 1. The first-order valence-electron chi connectivity index (χ1n) is 5.70. The molecule has 0 saturated heterocycles. The molecule has 3 N–H and O–H groups in total. The lowest BCUT2D eigenvalue weighted by atomic mass is 9.96. The molecule has 1 aliphatic carbocycles. The van der Waals surface area contributed by atoms with E-state index in [2.05, 4.69) is 10.4 Å². The molecule has 0 amide bonds. The molecule has 1 aromatic heterocycles. The van der Waals surface area contributed by atoms with Gasteiger partial charge in [-0.2, -0.15) is 0 Å². The number of nitrogens with two attached hydrogens (primary N) is 1. The highest BCUT2D eigenvalue weighted by Gasteiger charge is 2.09. The maximum atomic E-state index is 10.4. The van der Waals surface area contributed by atoms with Crippen LogP contribution in [0, 0.1) is 0 Å². The fourth-order valence-electron chi connectivity index (χ4n) is 1.68. The molecule has 4 nitrogen and oxygen atoms in total. The molecule has 0 atom stereocenters. The summed E-state index contributed by atoms with van der Waals surface area (Å²) >= 11 is 0. The van der Waals surface area contributed by atoms with Crippen LogP contribution in [-0.4, -0.2) is 11.0 Å². The van der Waals surface area contributed by atoms with Gasteiger partial charge in [-0.25, -0.2) is 4.98 Å². The molecule has 1 aromatic rings. The Morgan fingerprint density at radius 1 is 1.19 bits per heavy atom. The third-order valence-corrected chi connectivity index (χ3v) is 2.59. The lowest BCUT2D eigenvalue weighted by Crippen LogP contribution is -2.36. The molecular weight excluding hydrogens is 202 g/mol. The third-order valence-electron chi connectivity index (χ3n) is 2.59. The number of rotatable bonds is 1. The molecule has 0 radical (unpaired) electrons. The zero-order valence-electron chi connectivity index (χ0n) is 9.43. The Balaban J connectivity index is 0.000000160. The van der Waals surface area contributed by atoms with Crippen molar-refractivity contribution in [2.24, 2.45) is 5.84 Å². The van der Waals surface area contributed by atoms with E-state index < -0.39 is 0 Å². The van der Waals surface area contributed by atoms with Gasteiger partial charge in [-0.3, -0.25) is 16.1 Å². The molecule has 1 fully saturated rings. The topological polar surface area (TPSA) is 68.0 Å². The van der Waals surface area contributed by atoms with Crippen molar-refractivity contribution in [3.8, 4) is 0 Å². The summed E-state index contributed by atoms with van der Waals surface area (Å²) in [5.41, 5.74) is 2.60. The van der Waals surface area contributed by atoms with Crippen LogP contribution in [0.15, 0.2) is 35.3 Å². The number of nitrogens with one attached hydrogen (secondary N) is 1. The van der Waals surface area contributed by atoms with Crippen LogP contribution >= 0.6 is 0 Å². The van der Waals surface area contributed by atoms with Crippen LogP contribution < -0.4 is 16.8 Å². The fraction of sp³-hybridized carbons (Fsp3) is 0.500. The van der Waals surface area contributed by atoms with E-state index in [1.165, 1.54) is 44.4 Å². The van der Waals surface area contributed by atoms with Crippen molar-refractivity contribution in [1.82, 2.24) is 10.4 Å². The molecular formula is C12H19N3O. The largest absolute Gasteiger partial charge is 0.271 e. The number of hydrogen-bond acceptors (Lipinski definition) is 4. The average molecular weight is 221 g/mol. The maximum absolute atomic E-state index is 10.4. The highest BCUT2D eigenvalue weighted by Crippen LogP contribution is 2.16. The van der Waals surface area contributed by atoms with Crippen LogP contribution in [-0.2, 0) is 0 Å². The van der Waals surface area contributed by atoms with Crippen LogP contribution in [0.5, 0.6) is 0 Å². The molecule has 1 heterocycles. The minimum Gasteiger partial charge on any atom is -0.271 e. The molecule has 1 saturated carbocycles. The van der Waals surface area contributed by atoms with Crippen molar-refractivity contribution in [2.45, 2.75) is 38.1 Å². The van der Waals surface area contributed by atoms with Gasteiger partial charge in [0, 0.05) is 18.3 Å². The van der Waals surface area contributed by atoms with Crippen molar-refractivity contribution in [3.63, 3.8) is 0 Å². The first-order valence-corrected chi connectivity index (χ1v) is 5.70. The van der Waals surface area contributed by atoms with E-state index in [1.54, 1.807) is 18.2 Å². The van der Waals surface area contributed by atoms with Gasteiger partial charge in [0.05, 0.1) is 0 Å². The monoisotopic (exact) mass is 221 g/mol. The van der Waals surface area contributed by atoms with Gasteiger partial charge in [0.1, 0.15) is 0 Å². The van der Waals surface area contributed by atoms with Crippen LogP contribution in [0.3, 0.4) is 0 Å². The lowest BCUT2D eigenvalue weighted by Gasteiger charge is -2.19. The van der Waals surface area contributed by atoms with E-state index in [-0.39, 0.29) is 5.56 Å². The minimum atomic E-state index is -0.199. The van der Waals surface area contributed by atoms with Gasteiger partial charge in [0.25, 0.3) is 5.56 Å². The van der Waals surface area contributed by atoms with Crippen LogP contribution in [0.1, 0.15) is 32.1 Å². The Bertz CT molecular complexity index is 315. The summed E-state index contributed by atoms with van der Waals surface area (Å²) in [6.07, 6.45) is 8.14. The molecule has 16 heavy (non-hydrogen) atoms. The first kappa shape index (κ1) is 12.8. The summed E-state index contributed by atoms with van der Waals surface area (Å²) in [6, 6.07) is 7.16. The summed E-state index contributed by atoms with van der Waals surface area (Å²) in [5, 5.41) is 0. The van der Waals surface area contributed by atoms with Crippen molar-refractivity contribution < 1.29 is 0 Å². The van der Waals surface area contributed by atoms with E-state index in [0.29, 0.717) is 6.04 Å². The second kappa shape index (κ2) is 7.96. The highest BCUT2D eigenvalue weighted by atomic mass is 16.1. The smallest absolute Gasteiger partial charge is 0.269 e. The molecule has 0 aromatic carbocycles. The predicted molar refractivity (Wildman–Crippen MR) is 64.7 cm³/mol. The predicted octanol–water partition coefficient (Wildman–Crippen LogP) is 1.22. The molecule has 2 rings (SSSR count). The lowest BCUT2D eigenvalue weighted by molar-refractivity contribution is 0.379. The Morgan fingerprint density at radius 2 is 1.94 bits per heavy atom. The van der Waals surface area contributed by atoms with Gasteiger partial charge in [-0.15, -0.1) is 0 Å². The van der Waals surface area contributed by atoms with E-state index in [1.807, 2.05) is 0 Å². The van der Waals surface area contributed by atoms with Gasteiger partial charge in [0.15, 0.2) is 0 Å². The van der Waals surface area contributed by atoms with Crippen LogP contribution in [0.4, 0.5) is 0 Å². The summed E-state index contributed by atoms with van der Waals surface area (Å²) in [6.45, 7) is 0. The van der Waals surface area contributed by atoms with Crippen LogP contribution in [0.2, 0.25) is 0 Å². The van der Waals surface area contributed by atoms with E-state index in [0.717, 1.165) is 0 Å². The molecule has 0 aliphatic heterocycles. The Labute approximate surface area is 95.9 Å². The molecule has 4 heteroatoms. The van der Waals surface area contributed by atoms with Crippen LogP contribution in [0.25, 0.3) is 0 Å². The number of hydrogen-bond donors (Lipinski definition) is 2. The van der Waals surface area contributed by atoms with Gasteiger partial charge in [0.2, 0.25) is 0 Å². The second-order valence-electron chi connectivity index (χ2n) is 3.86. The zero-order valence-corrected chi connectivity index (χ0v) is 9.43. The summed E-state index contributed by atoms with van der Waals surface area (Å²) in [5.74, 6) is 5.25.